The Morgan fingerprint density at radius 1 is 1.00 bits per heavy atom. The molecule has 18 heavy (non-hydrogen) atoms. The maximum atomic E-state index is 11.9. The van der Waals surface area contributed by atoms with Gasteiger partial charge in [-0.2, -0.15) is 0 Å². The van der Waals surface area contributed by atoms with Crippen molar-refractivity contribution >= 4 is 5.91 Å². The van der Waals surface area contributed by atoms with Crippen LogP contribution in [0.1, 0.15) is 48.5 Å². The highest BCUT2D eigenvalue weighted by Gasteiger charge is 2.21. The van der Waals surface area contributed by atoms with Gasteiger partial charge in [0.15, 0.2) is 0 Å². The maximum absolute atomic E-state index is 11.9. The second-order valence-electron chi connectivity index (χ2n) is 6.56. The Balaban J connectivity index is 4.72. The summed E-state index contributed by atoms with van der Waals surface area (Å²) in [5.74, 6) is 0.0154. The van der Waals surface area contributed by atoms with Crippen LogP contribution in [0.25, 0.3) is 0 Å². The number of allylic oxidation sites excluding steroid dienone is 4. The lowest BCUT2D eigenvalue weighted by molar-refractivity contribution is -0.127. The van der Waals surface area contributed by atoms with Gasteiger partial charge in [-0.15, -0.1) is 0 Å². The Hall–Kier alpha value is -1.31. The van der Waals surface area contributed by atoms with E-state index in [4.69, 9.17) is 0 Å². The fourth-order valence-electron chi connectivity index (χ4n) is 0.969. The van der Waals surface area contributed by atoms with Crippen LogP contribution in [-0.2, 0) is 4.79 Å². The number of carbonyl (C=O) groups excluding carboxylic acids is 1. The molecule has 0 saturated heterocycles. The van der Waals surface area contributed by atoms with Crippen LogP contribution in [0.3, 0.4) is 0 Å². The lowest BCUT2D eigenvalue weighted by Gasteiger charge is -2.20. The first kappa shape index (κ1) is 16.7. The predicted molar refractivity (Wildman–Crippen MR) is 79.1 cm³/mol. The minimum absolute atomic E-state index is 0.0154. The molecule has 0 aliphatic rings. The van der Waals surface area contributed by atoms with Crippen LogP contribution in [0.15, 0.2) is 36.1 Å². The molecule has 0 rings (SSSR count). The highest BCUT2D eigenvalue weighted by Crippen LogP contribution is 2.24. The molecule has 0 aromatic heterocycles. The Labute approximate surface area is 112 Å². The Morgan fingerprint density at radius 2 is 1.50 bits per heavy atom. The van der Waals surface area contributed by atoms with E-state index in [1.54, 1.807) is 0 Å². The van der Waals surface area contributed by atoms with E-state index < -0.39 is 0 Å². The first-order valence-electron chi connectivity index (χ1n) is 6.33. The molecule has 0 bridgehead atoms. The summed E-state index contributed by atoms with van der Waals surface area (Å²) in [7, 11) is 0. The van der Waals surface area contributed by atoms with E-state index in [0.717, 1.165) is 11.3 Å². The van der Waals surface area contributed by atoms with Crippen LogP contribution in [0.4, 0.5) is 0 Å². The molecule has 0 radical (unpaired) electrons. The molecule has 2 nitrogen and oxygen atoms in total. The van der Waals surface area contributed by atoms with Crippen LogP contribution < -0.4 is 5.32 Å². The number of rotatable bonds is 3. The quantitative estimate of drug-likeness (QED) is 0.746. The van der Waals surface area contributed by atoms with E-state index in [9.17, 15) is 4.79 Å². The zero-order chi connectivity index (χ0) is 14.6. The lowest BCUT2D eigenvalue weighted by Crippen LogP contribution is -2.33. The summed E-state index contributed by atoms with van der Waals surface area (Å²) < 4.78 is 0. The minimum atomic E-state index is -0.386. The SMILES string of the molecule is C=C(/C=C\C(=C/C)NC(=O)C(C)(C)C)C(C)(C)C. The Bertz CT molecular complexity index is 373. The topological polar surface area (TPSA) is 29.1 Å². The third-order valence-electron chi connectivity index (χ3n) is 2.68. The molecule has 0 heterocycles. The monoisotopic (exact) mass is 249 g/mol. The molecule has 0 unspecified atom stereocenters. The van der Waals surface area contributed by atoms with Crippen molar-refractivity contribution in [3.8, 4) is 0 Å². The minimum Gasteiger partial charge on any atom is -0.326 e. The van der Waals surface area contributed by atoms with E-state index in [-0.39, 0.29) is 16.7 Å². The average molecular weight is 249 g/mol. The van der Waals surface area contributed by atoms with Gasteiger partial charge in [-0.25, -0.2) is 0 Å². The van der Waals surface area contributed by atoms with E-state index >= 15 is 0 Å². The van der Waals surface area contributed by atoms with E-state index in [1.165, 1.54) is 0 Å². The van der Waals surface area contributed by atoms with Crippen LogP contribution in [-0.4, -0.2) is 5.91 Å². The van der Waals surface area contributed by atoms with Gasteiger partial charge in [0.1, 0.15) is 0 Å². The molecule has 0 aliphatic carbocycles. The van der Waals surface area contributed by atoms with Crippen molar-refractivity contribution in [1.29, 1.82) is 0 Å². The molecule has 0 aromatic rings. The summed E-state index contributed by atoms with van der Waals surface area (Å²) in [4.78, 5) is 11.9. The highest BCUT2D eigenvalue weighted by molar-refractivity contribution is 5.83. The third-order valence-corrected chi connectivity index (χ3v) is 2.68. The summed E-state index contributed by atoms with van der Waals surface area (Å²) in [6.07, 6.45) is 5.74. The standard InChI is InChI=1S/C16H27NO/c1-9-13(17-14(18)16(6,7)8)11-10-12(2)15(3,4)5/h9-11H,2H2,1,3-8H3,(H,17,18)/b11-10-,13-9+. The summed E-state index contributed by atoms with van der Waals surface area (Å²) in [6, 6.07) is 0. The molecule has 0 spiro atoms. The van der Waals surface area contributed by atoms with Crippen LogP contribution in [0, 0.1) is 10.8 Å². The molecule has 2 heteroatoms. The van der Waals surface area contributed by atoms with Gasteiger partial charge < -0.3 is 5.32 Å². The van der Waals surface area contributed by atoms with Crippen molar-refractivity contribution in [1.82, 2.24) is 5.32 Å². The molecule has 1 N–H and O–H groups in total. The molecule has 0 aromatic carbocycles. The van der Waals surface area contributed by atoms with Gasteiger partial charge in [-0.1, -0.05) is 60.3 Å². The van der Waals surface area contributed by atoms with E-state index in [1.807, 2.05) is 45.9 Å². The van der Waals surface area contributed by atoms with Crippen molar-refractivity contribution in [3.05, 3.63) is 36.1 Å². The molecule has 1 amide bonds. The number of amides is 1. The summed E-state index contributed by atoms with van der Waals surface area (Å²) in [6.45, 7) is 18.0. The first-order valence-corrected chi connectivity index (χ1v) is 6.33. The molecular weight excluding hydrogens is 222 g/mol. The van der Waals surface area contributed by atoms with Crippen LogP contribution in [0.2, 0.25) is 0 Å². The molecule has 0 atom stereocenters. The average Bonchev–Trinajstić information content (AvgIpc) is 2.20. The van der Waals surface area contributed by atoms with Gasteiger partial charge in [0.2, 0.25) is 5.91 Å². The number of hydrogen-bond acceptors (Lipinski definition) is 1. The normalized spacial score (nSPS) is 13.8. The van der Waals surface area contributed by atoms with E-state index in [0.29, 0.717) is 0 Å². The van der Waals surface area contributed by atoms with Crippen molar-refractivity contribution in [2.75, 3.05) is 0 Å². The molecule has 0 fully saturated rings. The zero-order valence-corrected chi connectivity index (χ0v) is 12.8. The van der Waals surface area contributed by atoms with Crippen molar-refractivity contribution in [2.45, 2.75) is 48.5 Å². The molecule has 102 valence electrons. The number of nitrogens with one attached hydrogen (secondary N) is 1. The van der Waals surface area contributed by atoms with Crippen LogP contribution >= 0.6 is 0 Å². The van der Waals surface area contributed by atoms with Gasteiger partial charge >= 0.3 is 0 Å². The van der Waals surface area contributed by atoms with Crippen molar-refractivity contribution in [2.24, 2.45) is 10.8 Å². The zero-order valence-electron chi connectivity index (χ0n) is 12.8. The van der Waals surface area contributed by atoms with Gasteiger partial charge in [0.25, 0.3) is 0 Å². The molecular formula is C16H27NO. The summed E-state index contributed by atoms with van der Waals surface area (Å²) in [5, 5.41) is 2.91. The van der Waals surface area contributed by atoms with Gasteiger partial charge in [-0.3, -0.25) is 4.79 Å². The van der Waals surface area contributed by atoms with Gasteiger partial charge in [0, 0.05) is 11.1 Å². The lowest BCUT2D eigenvalue weighted by atomic mass is 9.87. The molecule has 0 saturated carbocycles. The van der Waals surface area contributed by atoms with Gasteiger partial charge in [0.05, 0.1) is 0 Å². The number of carbonyl (C=O) groups is 1. The summed E-state index contributed by atoms with van der Waals surface area (Å²) in [5.41, 5.74) is 1.50. The fraction of sp³-hybridized carbons (Fsp3) is 0.562. The van der Waals surface area contributed by atoms with Crippen molar-refractivity contribution in [3.63, 3.8) is 0 Å². The highest BCUT2D eigenvalue weighted by atomic mass is 16.2. The predicted octanol–water partition coefficient (Wildman–Crippen LogP) is 4.21. The molecule has 0 aliphatic heterocycles. The number of hydrogen-bond donors (Lipinski definition) is 1. The Morgan fingerprint density at radius 3 is 1.83 bits per heavy atom. The Kier molecular flexibility index (Phi) is 5.59. The third kappa shape index (κ3) is 5.85. The van der Waals surface area contributed by atoms with E-state index in [2.05, 4.69) is 32.7 Å². The first-order chi connectivity index (χ1) is 7.98. The smallest absolute Gasteiger partial charge is 0.229 e. The fourth-order valence-corrected chi connectivity index (χ4v) is 0.969. The second kappa shape index (κ2) is 6.03. The maximum Gasteiger partial charge on any atom is 0.229 e. The van der Waals surface area contributed by atoms with Crippen molar-refractivity contribution < 1.29 is 4.79 Å². The second-order valence-corrected chi connectivity index (χ2v) is 6.56. The largest absolute Gasteiger partial charge is 0.326 e. The van der Waals surface area contributed by atoms with Gasteiger partial charge in [-0.05, 0) is 24.0 Å². The van der Waals surface area contributed by atoms with Crippen LogP contribution in [0.5, 0.6) is 0 Å². The summed E-state index contributed by atoms with van der Waals surface area (Å²) >= 11 is 0.